The summed E-state index contributed by atoms with van der Waals surface area (Å²) in [6, 6.07) is -1.38. The van der Waals surface area contributed by atoms with Gasteiger partial charge in [-0.15, -0.1) is 0 Å². The van der Waals surface area contributed by atoms with Gasteiger partial charge in [-0.05, 0) is 17.8 Å². The van der Waals surface area contributed by atoms with Crippen molar-refractivity contribution in [1.82, 2.24) is 10.6 Å². The first-order valence-corrected chi connectivity index (χ1v) is 6.99. The summed E-state index contributed by atoms with van der Waals surface area (Å²) in [6.45, 7) is 11.2. The van der Waals surface area contributed by atoms with Gasteiger partial charge in [0.1, 0.15) is 6.04 Å². The number of urea groups is 1. The van der Waals surface area contributed by atoms with Crippen LogP contribution in [0.1, 0.15) is 41.0 Å². The van der Waals surface area contributed by atoms with Gasteiger partial charge in [0.25, 0.3) is 0 Å². The first kappa shape index (κ1) is 18.7. The summed E-state index contributed by atoms with van der Waals surface area (Å²) in [5.74, 6) is -0.540. The lowest BCUT2D eigenvalue weighted by atomic mass is 9.87. The summed E-state index contributed by atoms with van der Waals surface area (Å²) in [7, 11) is 0. The number of nitrogens with one attached hydrogen (secondary N) is 2. The second-order valence-electron chi connectivity index (χ2n) is 6.36. The van der Waals surface area contributed by atoms with E-state index in [1.807, 2.05) is 0 Å². The summed E-state index contributed by atoms with van der Waals surface area (Å²) in [4.78, 5) is 22.7. The minimum Gasteiger partial charge on any atom is -0.480 e. The summed E-state index contributed by atoms with van der Waals surface area (Å²) < 4.78 is 5.38. The van der Waals surface area contributed by atoms with E-state index in [-0.39, 0.29) is 0 Å². The number of carbonyl (C=O) groups excluding carboxylic acids is 1. The number of carboxylic acids is 1. The molecule has 0 aliphatic heterocycles. The van der Waals surface area contributed by atoms with E-state index in [4.69, 9.17) is 9.84 Å². The number of ether oxygens (including phenoxy) is 1. The zero-order valence-corrected chi connectivity index (χ0v) is 13.2. The Morgan fingerprint density at radius 1 is 1.25 bits per heavy atom. The van der Waals surface area contributed by atoms with E-state index in [0.717, 1.165) is 0 Å². The minimum absolute atomic E-state index is 0.459. The molecule has 118 valence electrons. The molecule has 0 rings (SSSR count). The molecule has 0 aliphatic carbocycles. The average Bonchev–Trinajstić information content (AvgIpc) is 2.28. The Balaban J connectivity index is 3.90. The zero-order valence-electron chi connectivity index (χ0n) is 13.2. The van der Waals surface area contributed by atoms with E-state index in [2.05, 4.69) is 24.5 Å². The van der Waals surface area contributed by atoms with Crippen molar-refractivity contribution in [2.24, 2.45) is 11.3 Å². The van der Waals surface area contributed by atoms with Crippen LogP contribution in [0.4, 0.5) is 4.79 Å². The van der Waals surface area contributed by atoms with Crippen molar-refractivity contribution in [3.05, 3.63) is 0 Å². The lowest BCUT2D eigenvalue weighted by Crippen LogP contribution is -2.52. The molecule has 0 bridgehead atoms. The summed E-state index contributed by atoms with van der Waals surface area (Å²) in [5.41, 5.74) is -0.538. The van der Waals surface area contributed by atoms with Gasteiger partial charge in [0.15, 0.2) is 0 Å². The molecule has 6 heteroatoms. The Morgan fingerprint density at radius 2 is 1.85 bits per heavy atom. The maximum Gasteiger partial charge on any atom is 0.326 e. The topological polar surface area (TPSA) is 87.7 Å². The van der Waals surface area contributed by atoms with Gasteiger partial charge < -0.3 is 20.5 Å². The Morgan fingerprint density at radius 3 is 2.30 bits per heavy atom. The molecular weight excluding hydrogens is 260 g/mol. The van der Waals surface area contributed by atoms with Crippen LogP contribution in [-0.2, 0) is 9.53 Å². The number of carbonyl (C=O) groups is 2. The fourth-order valence-electron chi connectivity index (χ4n) is 1.53. The molecule has 1 atom stereocenters. The number of carboxylic acid groups (broad SMARTS) is 1. The monoisotopic (exact) mass is 288 g/mol. The van der Waals surface area contributed by atoms with Gasteiger partial charge in [0, 0.05) is 19.8 Å². The Kier molecular flexibility index (Phi) is 8.22. The van der Waals surface area contributed by atoms with Gasteiger partial charge in [-0.25, -0.2) is 9.59 Å². The maximum absolute atomic E-state index is 11.6. The molecule has 0 aromatic rings. The van der Waals surface area contributed by atoms with Crippen molar-refractivity contribution < 1.29 is 19.4 Å². The first-order valence-electron chi connectivity index (χ1n) is 6.99. The SMILES string of the molecule is CC(C)COCCCNC(=O)NC(C(=O)O)C(C)(C)C. The predicted molar refractivity (Wildman–Crippen MR) is 77.7 cm³/mol. The molecule has 1 unspecified atom stereocenters. The van der Waals surface area contributed by atoms with Crippen molar-refractivity contribution in [3.8, 4) is 0 Å². The zero-order chi connectivity index (χ0) is 15.8. The molecule has 0 aromatic heterocycles. The minimum atomic E-state index is -1.03. The molecule has 0 spiro atoms. The Bertz CT molecular complexity index is 311. The maximum atomic E-state index is 11.6. The van der Waals surface area contributed by atoms with E-state index >= 15 is 0 Å². The standard InChI is InChI=1S/C14H28N2O4/c1-10(2)9-20-8-6-7-15-13(19)16-11(12(17)18)14(3,4)5/h10-11H,6-9H2,1-5H3,(H,17,18)(H2,15,16,19). The Labute approximate surface area is 121 Å². The van der Waals surface area contributed by atoms with Crippen molar-refractivity contribution in [1.29, 1.82) is 0 Å². The molecule has 0 radical (unpaired) electrons. The van der Waals surface area contributed by atoms with E-state index in [1.54, 1.807) is 20.8 Å². The third-order valence-corrected chi connectivity index (χ3v) is 2.59. The van der Waals surface area contributed by atoms with Gasteiger partial charge in [-0.3, -0.25) is 0 Å². The van der Waals surface area contributed by atoms with Gasteiger partial charge in [0.2, 0.25) is 0 Å². The highest BCUT2D eigenvalue weighted by molar-refractivity contribution is 5.83. The van der Waals surface area contributed by atoms with Crippen molar-refractivity contribution in [3.63, 3.8) is 0 Å². The second-order valence-corrected chi connectivity index (χ2v) is 6.36. The molecule has 6 nitrogen and oxygen atoms in total. The van der Waals surface area contributed by atoms with Crippen LogP contribution in [0.25, 0.3) is 0 Å². The van der Waals surface area contributed by atoms with Crippen LogP contribution in [-0.4, -0.2) is 42.9 Å². The number of aliphatic carboxylic acids is 1. The van der Waals surface area contributed by atoms with Crippen LogP contribution >= 0.6 is 0 Å². The highest BCUT2D eigenvalue weighted by atomic mass is 16.5. The smallest absolute Gasteiger partial charge is 0.326 e. The van der Waals surface area contributed by atoms with Crippen LogP contribution in [0.3, 0.4) is 0 Å². The van der Waals surface area contributed by atoms with Crippen molar-refractivity contribution in [2.45, 2.75) is 47.1 Å². The highest BCUT2D eigenvalue weighted by Gasteiger charge is 2.32. The molecule has 0 aliphatic rings. The second kappa shape index (κ2) is 8.79. The lowest BCUT2D eigenvalue weighted by molar-refractivity contribution is -0.141. The van der Waals surface area contributed by atoms with E-state index in [0.29, 0.717) is 32.1 Å². The fourth-order valence-corrected chi connectivity index (χ4v) is 1.53. The quantitative estimate of drug-likeness (QED) is 0.595. The number of hydrogen-bond donors (Lipinski definition) is 3. The predicted octanol–water partition coefficient (Wildman–Crippen LogP) is 1.85. The normalized spacial score (nSPS) is 13.1. The lowest BCUT2D eigenvalue weighted by Gasteiger charge is -2.27. The van der Waals surface area contributed by atoms with E-state index in [1.165, 1.54) is 0 Å². The number of amides is 2. The first-order chi connectivity index (χ1) is 9.14. The van der Waals surface area contributed by atoms with E-state index in [9.17, 15) is 9.59 Å². The molecule has 2 amide bonds. The highest BCUT2D eigenvalue weighted by Crippen LogP contribution is 2.19. The van der Waals surface area contributed by atoms with Crippen LogP contribution in [0.5, 0.6) is 0 Å². The van der Waals surface area contributed by atoms with Crippen molar-refractivity contribution >= 4 is 12.0 Å². The van der Waals surface area contributed by atoms with Crippen LogP contribution < -0.4 is 10.6 Å². The molecule has 20 heavy (non-hydrogen) atoms. The summed E-state index contributed by atoms with van der Waals surface area (Å²) in [6.07, 6.45) is 0.702. The Hall–Kier alpha value is -1.30. The molecule has 0 heterocycles. The average molecular weight is 288 g/mol. The van der Waals surface area contributed by atoms with Gasteiger partial charge in [-0.2, -0.15) is 0 Å². The van der Waals surface area contributed by atoms with E-state index < -0.39 is 23.5 Å². The molecule has 0 saturated carbocycles. The summed E-state index contributed by atoms with van der Waals surface area (Å²) >= 11 is 0. The third kappa shape index (κ3) is 8.74. The van der Waals surface area contributed by atoms with Crippen LogP contribution in [0, 0.1) is 11.3 Å². The molecular formula is C14H28N2O4. The molecule has 3 N–H and O–H groups in total. The number of hydrogen-bond acceptors (Lipinski definition) is 3. The molecule has 0 saturated heterocycles. The third-order valence-electron chi connectivity index (χ3n) is 2.59. The fraction of sp³-hybridized carbons (Fsp3) is 0.857. The van der Waals surface area contributed by atoms with Gasteiger partial charge in [-0.1, -0.05) is 34.6 Å². The van der Waals surface area contributed by atoms with Crippen molar-refractivity contribution in [2.75, 3.05) is 19.8 Å². The van der Waals surface area contributed by atoms with Crippen LogP contribution in [0.15, 0.2) is 0 Å². The summed E-state index contributed by atoms with van der Waals surface area (Å²) in [5, 5.41) is 14.2. The molecule has 0 fully saturated rings. The van der Waals surface area contributed by atoms with Gasteiger partial charge in [0.05, 0.1) is 0 Å². The van der Waals surface area contributed by atoms with Crippen LogP contribution in [0.2, 0.25) is 0 Å². The van der Waals surface area contributed by atoms with Gasteiger partial charge >= 0.3 is 12.0 Å². The number of rotatable bonds is 8. The largest absolute Gasteiger partial charge is 0.480 e. The molecule has 0 aromatic carbocycles.